The quantitative estimate of drug-likeness (QED) is 0.527. The lowest BCUT2D eigenvalue weighted by Crippen LogP contribution is -2.24. The average molecular weight is 210 g/mol. The van der Waals surface area contributed by atoms with E-state index in [1.54, 1.807) is 0 Å². The number of hydrogen-bond donors (Lipinski definition) is 1. The molecule has 0 aromatic heterocycles. The van der Waals surface area contributed by atoms with Gasteiger partial charge in [-0.25, -0.2) is 21.8 Å². The molecule has 0 fully saturated rings. The summed E-state index contributed by atoms with van der Waals surface area (Å²) >= 11 is 0. The molecule has 0 saturated heterocycles. The van der Waals surface area contributed by atoms with E-state index < -0.39 is 29.1 Å². The third-order valence-electron chi connectivity index (χ3n) is 1.15. The fourth-order valence-corrected chi connectivity index (χ4v) is 3.36. The van der Waals surface area contributed by atoms with Crippen LogP contribution in [-0.4, -0.2) is 27.5 Å². The highest BCUT2D eigenvalue weighted by Crippen LogP contribution is 2.15. The molecule has 8 heteroatoms. The largest absolute Gasteiger partial charge is 0.388 e. The Morgan fingerprint density at radius 1 is 1.50 bits per heavy atom. The van der Waals surface area contributed by atoms with Crippen LogP contribution >= 0.6 is 0 Å². The molecule has 6 nitrogen and oxygen atoms in total. The van der Waals surface area contributed by atoms with Crippen LogP contribution in [0.1, 0.15) is 0 Å². The molecular weight excluding hydrogens is 204 g/mol. The normalized spacial score (nSPS) is 21.8. The van der Waals surface area contributed by atoms with E-state index >= 15 is 0 Å². The van der Waals surface area contributed by atoms with Crippen molar-refractivity contribution in [1.29, 1.82) is 0 Å². The summed E-state index contributed by atoms with van der Waals surface area (Å²) in [4.78, 5) is 3.19. The average Bonchev–Trinajstić information content (AvgIpc) is 2.06. The lowest BCUT2D eigenvalue weighted by Gasteiger charge is -1.97. The second-order valence-electron chi connectivity index (χ2n) is 2.20. The van der Waals surface area contributed by atoms with Crippen molar-refractivity contribution in [3.8, 4) is 0 Å². The number of nitrogens with two attached hydrogens (primary N) is 1. The summed E-state index contributed by atoms with van der Waals surface area (Å²) in [6.45, 7) is 0. The molecule has 0 aromatic carbocycles. The fourth-order valence-electron chi connectivity index (χ4n) is 0.651. The van der Waals surface area contributed by atoms with Crippen molar-refractivity contribution < 1.29 is 16.8 Å². The molecule has 0 atom stereocenters. The van der Waals surface area contributed by atoms with Crippen molar-refractivity contribution in [3.05, 3.63) is 11.2 Å². The summed E-state index contributed by atoms with van der Waals surface area (Å²) in [6.07, 6.45) is 1.57. The maximum atomic E-state index is 11.0. The first-order valence-corrected chi connectivity index (χ1v) is 6.12. The summed E-state index contributed by atoms with van der Waals surface area (Å²) in [7, 11) is -7.84. The van der Waals surface area contributed by atoms with Crippen LogP contribution in [0.25, 0.3) is 0 Å². The highest BCUT2D eigenvalue weighted by molar-refractivity contribution is 8.32. The van der Waals surface area contributed by atoms with E-state index in [4.69, 9.17) is 5.73 Å². The lowest BCUT2D eigenvalue weighted by atomic mass is 10.9. The number of nitrogens with zero attached hydrogens (tertiary/aromatic N) is 1. The van der Waals surface area contributed by atoms with Crippen LogP contribution in [0.3, 0.4) is 0 Å². The topological polar surface area (TPSA) is 107 Å². The Bertz CT molecular complexity index is 467. The van der Waals surface area contributed by atoms with Gasteiger partial charge in [0.15, 0.2) is 5.03 Å². The standard InChI is InChI=1S/C4H6N2O4S2/c1-11(7,8)4-6-2-3(5)12(4,9)10/h2H,5H2,1H3. The fraction of sp³-hybridized carbons (Fsp3) is 0.250. The molecule has 1 aliphatic heterocycles. The van der Waals surface area contributed by atoms with E-state index in [0.717, 1.165) is 12.5 Å². The molecule has 0 aliphatic carbocycles. The molecule has 0 amide bonds. The molecule has 0 bridgehead atoms. The van der Waals surface area contributed by atoms with Crippen molar-refractivity contribution in [2.75, 3.05) is 6.26 Å². The van der Waals surface area contributed by atoms with E-state index in [1.807, 2.05) is 0 Å². The van der Waals surface area contributed by atoms with Crippen molar-refractivity contribution >= 4 is 24.1 Å². The van der Waals surface area contributed by atoms with Crippen LogP contribution in [0.2, 0.25) is 0 Å². The highest BCUT2D eigenvalue weighted by atomic mass is 32.3. The van der Waals surface area contributed by atoms with Crippen molar-refractivity contribution in [2.24, 2.45) is 10.7 Å². The molecule has 1 aliphatic rings. The van der Waals surface area contributed by atoms with Gasteiger partial charge in [0, 0.05) is 6.26 Å². The molecule has 0 saturated carbocycles. The van der Waals surface area contributed by atoms with Crippen molar-refractivity contribution in [1.82, 2.24) is 0 Å². The van der Waals surface area contributed by atoms with Gasteiger partial charge < -0.3 is 5.73 Å². The molecule has 2 N–H and O–H groups in total. The molecule has 1 rings (SSSR count). The molecule has 68 valence electrons. The van der Waals surface area contributed by atoms with Crippen LogP contribution in [0.5, 0.6) is 0 Å². The Labute approximate surface area is 69.6 Å². The van der Waals surface area contributed by atoms with Gasteiger partial charge in [-0.3, -0.25) is 0 Å². The summed E-state index contributed by atoms with van der Waals surface area (Å²) in [5.74, 6) is 0. The first kappa shape index (κ1) is 9.20. The minimum atomic E-state index is -4.02. The summed E-state index contributed by atoms with van der Waals surface area (Å²) < 4.78 is 42.8. The lowest BCUT2D eigenvalue weighted by molar-refractivity contribution is 0.608. The zero-order valence-electron chi connectivity index (χ0n) is 6.05. The maximum absolute atomic E-state index is 11.0. The van der Waals surface area contributed by atoms with Gasteiger partial charge in [0.05, 0.1) is 6.20 Å². The van der Waals surface area contributed by atoms with Gasteiger partial charge in [0.25, 0.3) is 14.2 Å². The molecule has 12 heavy (non-hydrogen) atoms. The predicted molar refractivity (Wildman–Crippen MR) is 43.5 cm³/mol. The second-order valence-corrected chi connectivity index (χ2v) is 6.26. The molecule has 0 spiro atoms. The smallest absolute Gasteiger partial charge is 0.253 e. The van der Waals surface area contributed by atoms with Crippen LogP contribution in [0, 0.1) is 0 Å². The number of sulfone groups is 2. The second kappa shape index (κ2) is 2.30. The van der Waals surface area contributed by atoms with E-state index in [2.05, 4.69) is 4.99 Å². The van der Waals surface area contributed by atoms with Gasteiger partial charge in [-0.15, -0.1) is 0 Å². The van der Waals surface area contributed by atoms with E-state index in [1.165, 1.54) is 0 Å². The maximum Gasteiger partial charge on any atom is 0.253 e. The van der Waals surface area contributed by atoms with Gasteiger partial charge >= 0.3 is 0 Å². The monoisotopic (exact) mass is 210 g/mol. The Morgan fingerprint density at radius 2 is 2.00 bits per heavy atom. The number of rotatable bonds is 0. The minimum Gasteiger partial charge on any atom is -0.388 e. The molecule has 1 heterocycles. The van der Waals surface area contributed by atoms with E-state index in [9.17, 15) is 16.8 Å². The SMILES string of the molecule is CS(=O)(=O)C1=NC=C(N)S1(=O)=O. The third-order valence-corrected chi connectivity index (χ3v) is 4.75. The Hall–Kier alpha value is -0.890. The Kier molecular flexibility index (Phi) is 1.76. The van der Waals surface area contributed by atoms with Gasteiger partial charge in [-0.1, -0.05) is 0 Å². The summed E-state index contributed by atoms with van der Waals surface area (Å²) in [5, 5.41) is -0.539. The van der Waals surface area contributed by atoms with Gasteiger partial charge in [-0.2, -0.15) is 0 Å². The number of hydrogen-bond acceptors (Lipinski definition) is 6. The van der Waals surface area contributed by atoms with Crippen LogP contribution in [0.15, 0.2) is 16.2 Å². The van der Waals surface area contributed by atoms with E-state index in [0.29, 0.717) is 0 Å². The Balaban J connectivity index is 3.41. The van der Waals surface area contributed by atoms with Gasteiger partial charge in [0.2, 0.25) is 9.84 Å². The van der Waals surface area contributed by atoms with E-state index in [-0.39, 0.29) is 0 Å². The van der Waals surface area contributed by atoms with Crippen molar-refractivity contribution in [3.63, 3.8) is 0 Å². The zero-order chi connectivity index (χ0) is 9.57. The predicted octanol–water partition coefficient (Wildman–Crippen LogP) is -1.43. The van der Waals surface area contributed by atoms with Crippen molar-refractivity contribution in [2.45, 2.75) is 0 Å². The van der Waals surface area contributed by atoms with Crippen LogP contribution < -0.4 is 5.73 Å². The summed E-state index contributed by atoms with van der Waals surface area (Å²) in [6, 6.07) is 0. The molecule has 0 unspecified atom stereocenters. The van der Waals surface area contributed by atoms with Crippen LogP contribution in [0.4, 0.5) is 0 Å². The molecule has 0 radical (unpaired) electrons. The first-order valence-electron chi connectivity index (χ1n) is 2.75. The molecule has 0 aromatic rings. The van der Waals surface area contributed by atoms with Gasteiger partial charge in [0.1, 0.15) is 0 Å². The van der Waals surface area contributed by atoms with Crippen LogP contribution in [-0.2, 0) is 19.7 Å². The zero-order valence-corrected chi connectivity index (χ0v) is 7.68. The highest BCUT2D eigenvalue weighted by Gasteiger charge is 2.34. The third kappa shape index (κ3) is 1.23. The summed E-state index contributed by atoms with van der Waals surface area (Å²) in [5.41, 5.74) is 4.99. The minimum absolute atomic E-state index is 0.539. The number of aliphatic imine (C=N–C) groups is 1. The first-order chi connectivity index (χ1) is 5.26. The van der Waals surface area contributed by atoms with Gasteiger partial charge in [-0.05, 0) is 0 Å². The Morgan fingerprint density at radius 3 is 2.17 bits per heavy atom. The molecular formula is C4H6N2O4S2.